The van der Waals surface area contributed by atoms with E-state index in [4.69, 9.17) is 14.2 Å². The monoisotopic (exact) mass is 351 g/mol. The van der Waals surface area contributed by atoms with Gasteiger partial charge in [-0.15, -0.1) is 0 Å². The van der Waals surface area contributed by atoms with E-state index in [0.29, 0.717) is 18.9 Å². The quantitative estimate of drug-likeness (QED) is 0.486. The summed E-state index contributed by atoms with van der Waals surface area (Å²) >= 11 is 0. The first-order valence-corrected chi connectivity index (χ1v) is 9.37. The average Bonchev–Trinajstić information content (AvgIpc) is 2.64. The number of benzene rings is 1. The van der Waals surface area contributed by atoms with Gasteiger partial charge in [-0.1, -0.05) is 39.0 Å². The fourth-order valence-electron chi connectivity index (χ4n) is 2.35. The van der Waals surface area contributed by atoms with Crippen LogP contribution in [0.5, 0.6) is 11.5 Å². The summed E-state index contributed by atoms with van der Waals surface area (Å²) in [5, 5.41) is 2.78. The molecule has 0 aliphatic rings. The molecule has 0 heterocycles. The Hall–Kier alpha value is -1.75. The first kappa shape index (κ1) is 21.3. The number of rotatable bonds is 15. The third-order valence-corrected chi connectivity index (χ3v) is 3.81. The van der Waals surface area contributed by atoms with Crippen LogP contribution < -0.4 is 14.8 Å². The molecule has 0 saturated heterocycles. The highest BCUT2D eigenvalue weighted by Crippen LogP contribution is 2.18. The topological polar surface area (TPSA) is 56.8 Å². The molecule has 0 aliphatic carbocycles. The maximum Gasteiger partial charge on any atom is 0.257 e. The van der Waals surface area contributed by atoms with Crippen LogP contribution in [0.15, 0.2) is 24.3 Å². The number of nitrogens with one attached hydrogen (secondary N) is 1. The van der Waals surface area contributed by atoms with E-state index < -0.39 is 0 Å². The van der Waals surface area contributed by atoms with Crippen molar-refractivity contribution in [1.29, 1.82) is 0 Å². The Kier molecular flexibility index (Phi) is 12.4. The van der Waals surface area contributed by atoms with Crippen molar-refractivity contribution >= 4 is 5.91 Å². The van der Waals surface area contributed by atoms with Gasteiger partial charge in [0.1, 0.15) is 11.5 Å². The number of hydrogen-bond acceptors (Lipinski definition) is 4. The highest BCUT2D eigenvalue weighted by atomic mass is 16.5. The Morgan fingerprint density at radius 1 is 0.880 bits per heavy atom. The maximum atomic E-state index is 11.6. The van der Waals surface area contributed by atoms with E-state index >= 15 is 0 Å². The van der Waals surface area contributed by atoms with Crippen LogP contribution in [0.3, 0.4) is 0 Å². The first-order chi connectivity index (χ1) is 12.3. The van der Waals surface area contributed by atoms with Gasteiger partial charge < -0.3 is 19.5 Å². The Labute approximate surface area is 152 Å². The molecule has 0 radical (unpaired) electrons. The van der Waals surface area contributed by atoms with Crippen molar-refractivity contribution in [1.82, 2.24) is 5.32 Å². The summed E-state index contributed by atoms with van der Waals surface area (Å²) in [6, 6.07) is 7.41. The number of carbonyl (C=O) groups excluding carboxylic acids is 1. The molecule has 5 nitrogen and oxygen atoms in total. The summed E-state index contributed by atoms with van der Waals surface area (Å²) < 4.78 is 16.1. The lowest BCUT2D eigenvalue weighted by atomic mass is 10.1. The Bertz CT molecular complexity index is 448. The normalized spacial score (nSPS) is 10.5. The zero-order valence-electron chi connectivity index (χ0n) is 15.7. The molecule has 142 valence electrons. The molecule has 1 aromatic carbocycles. The van der Waals surface area contributed by atoms with Crippen LogP contribution in [0.25, 0.3) is 0 Å². The van der Waals surface area contributed by atoms with Crippen molar-refractivity contribution in [3.05, 3.63) is 24.3 Å². The van der Waals surface area contributed by atoms with Crippen LogP contribution in [-0.4, -0.2) is 39.4 Å². The molecule has 0 fully saturated rings. The van der Waals surface area contributed by atoms with Crippen LogP contribution in [0, 0.1) is 0 Å². The SMILES string of the molecule is CCCCCCCCOc1ccc(OCC(=O)NCCCOC)cc1. The van der Waals surface area contributed by atoms with Gasteiger partial charge in [0.2, 0.25) is 0 Å². The van der Waals surface area contributed by atoms with Crippen LogP contribution in [0.4, 0.5) is 0 Å². The zero-order valence-corrected chi connectivity index (χ0v) is 15.7. The summed E-state index contributed by atoms with van der Waals surface area (Å²) in [4.78, 5) is 11.6. The van der Waals surface area contributed by atoms with Gasteiger partial charge in [-0.3, -0.25) is 4.79 Å². The molecule has 25 heavy (non-hydrogen) atoms. The second-order valence-corrected chi connectivity index (χ2v) is 6.07. The average molecular weight is 351 g/mol. The van der Waals surface area contributed by atoms with Crippen molar-refractivity contribution < 1.29 is 19.0 Å². The van der Waals surface area contributed by atoms with E-state index in [1.54, 1.807) is 7.11 Å². The molecule has 1 aromatic rings. The van der Waals surface area contributed by atoms with E-state index in [0.717, 1.165) is 25.2 Å². The lowest BCUT2D eigenvalue weighted by molar-refractivity contribution is -0.123. The number of carbonyl (C=O) groups is 1. The molecule has 0 aliphatic heterocycles. The molecule has 0 saturated carbocycles. The van der Waals surface area contributed by atoms with Crippen molar-refractivity contribution in [2.24, 2.45) is 0 Å². The molecule has 0 spiro atoms. The lowest BCUT2D eigenvalue weighted by Crippen LogP contribution is -2.30. The molecule has 1 rings (SSSR count). The fraction of sp³-hybridized carbons (Fsp3) is 0.650. The van der Waals surface area contributed by atoms with E-state index in [2.05, 4.69) is 12.2 Å². The summed E-state index contributed by atoms with van der Waals surface area (Å²) in [5.41, 5.74) is 0. The van der Waals surface area contributed by atoms with Crippen LogP contribution in [0.1, 0.15) is 51.9 Å². The molecule has 0 aromatic heterocycles. The Morgan fingerprint density at radius 2 is 1.52 bits per heavy atom. The third kappa shape index (κ3) is 11.4. The number of hydrogen-bond donors (Lipinski definition) is 1. The van der Waals surface area contributed by atoms with Gasteiger partial charge in [0.15, 0.2) is 6.61 Å². The van der Waals surface area contributed by atoms with Crippen molar-refractivity contribution in [3.8, 4) is 11.5 Å². The predicted octanol–water partition coefficient (Wildman–Crippen LogP) is 3.96. The second kappa shape index (κ2) is 14.6. The Balaban J connectivity index is 2.11. The largest absolute Gasteiger partial charge is 0.494 e. The van der Waals surface area contributed by atoms with E-state index in [1.807, 2.05) is 24.3 Å². The maximum absolute atomic E-state index is 11.6. The van der Waals surface area contributed by atoms with Crippen molar-refractivity contribution in [3.63, 3.8) is 0 Å². The highest BCUT2D eigenvalue weighted by molar-refractivity contribution is 5.77. The van der Waals surface area contributed by atoms with Crippen LogP contribution in [-0.2, 0) is 9.53 Å². The first-order valence-electron chi connectivity index (χ1n) is 9.37. The zero-order chi connectivity index (χ0) is 18.2. The van der Waals surface area contributed by atoms with Gasteiger partial charge in [-0.05, 0) is 37.1 Å². The van der Waals surface area contributed by atoms with Crippen molar-refractivity contribution in [2.45, 2.75) is 51.9 Å². The van der Waals surface area contributed by atoms with E-state index in [-0.39, 0.29) is 12.5 Å². The smallest absolute Gasteiger partial charge is 0.257 e. The van der Waals surface area contributed by atoms with Gasteiger partial charge in [0.25, 0.3) is 5.91 Å². The molecular formula is C20H33NO4. The van der Waals surface area contributed by atoms with Crippen LogP contribution in [0.2, 0.25) is 0 Å². The number of unbranched alkanes of at least 4 members (excludes halogenated alkanes) is 5. The molecule has 0 unspecified atom stereocenters. The predicted molar refractivity (Wildman–Crippen MR) is 100 cm³/mol. The minimum absolute atomic E-state index is 0.0188. The van der Waals surface area contributed by atoms with Crippen LogP contribution >= 0.6 is 0 Å². The van der Waals surface area contributed by atoms with Gasteiger partial charge >= 0.3 is 0 Å². The minimum Gasteiger partial charge on any atom is -0.494 e. The van der Waals surface area contributed by atoms with Gasteiger partial charge in [-0.2, -0.15) is 0 Å². The molecule has 0 bridgehead atoms. The Morgan fingerprint density at radius 3 is 2.20 bits per heavy atom. The third-order valence-electron chi connectivity index (χ3n) is 3.81. The van der Waals surface area contributed by atoms with Crippen molar-refractivity contribution in [2.75, 3.05) is 33.5 Å². The fourth-order valence-corrected chi connectivity index (χ4v) is 2.35. The molecule has 5 heteroatoms. The molecule has 1 amide bonds. The lowest BCUT2D eigenvalue weighted by Gasteiger charge is -2.09. The van der Waals surface area contributed by atoms with Gasteiger partial charge in [0, 0.05) is 20.3 Å². The molecular weight excluding hydrogens is 318 g/mol. The minimum atomic E-state index is -0.125. The highest BCUT2D eigenvalue weighted by Gasteiger charge is 2.02. The molecule has 0 atom stereocenters. The van der Waals surface area contributed by atoms with Gasteiger partial charge in [-0.25, -0.2) is 0 Å². The van der Waals surface area contributed by atoms with E-state index in [9.17, 15) is 4.79 Å². The molecule has 1 N–H and O–H groups in total. The van der Waals surface area contributed by atoms with Gasteiger partial charge in [0.05, 0.1) is 6.61 Å². The summed E-state index contributed by atoms with van der Waals surface area (Å²) in [7, 11) is 1.64. The standard InChI is InChI=1S/C20H33NO4/c1-3-4-5-6-7-8-16-24-18-10-12-19(13-11-18)25-17-20(22)21-14-9-15-23-2/h10-13H,3-9,14-17H2,1-2H3,(H,21,22). The summed E-state index contributed by atoms with van der Waals surface area (Å²) in [5.74, 6) is 1.38. The van der Waals surface area contributed by atoms with E-state index in [1.165, 1.54) is 32.1 Å². The summed E-state index contributed by atoms with van der Waals surface area (Å²) in [6.45, 7) is 4.23. The second-order valence-electron chi connectivity index (χ2n) is 6.07. The summed E-state index contributed by atoms with van der Waals surface area (Å²) in [6.07, 6.45) is 8.33. The number of amides is 1. The number of methoxy groups -OCH3 is 1. The number of ether oxygens (including phenoxy) is 3.